The van der Waals surface area contributed by atoms with Crippen molar-refractivity contribution in [3.63, 3.8) is 0 Å². The first-order valence-corrected chi connectivity index (χ1v) is 10.4. The van der Waals surface area contributed by atoms with Crippen molar-refractivity contribution in [3.8, 4) is 11.5 Å². The van der Waals surface area contributed by atoms with Gasteiger partial charge in [-0.05, 0) is 54.7 Å². The minimum Gasteiger partial charge on any atom is -0.454 e. The summed E-state index contributed by atoms with van der Waals surface area (Å²) in [6.45, 7) is 7.81. The Morgan fingerprint density at radius 3 is 2.68 bits per heavy atom. The Kier molecular flexibility index (Phi) is 3.63. The number of ether oxygens (including phenoxy) is 2. The van der Waals surface area contributed by atoms with Crippen LogP contribution in [0, 0.1) is 5.92 Å². The third kappa shape index (κ3) is 2.38. The monoisotopic (exact) mass is 382 g/mol. The van der Waals surface area contributed by atoms with Gasteiger partial charge in [0, 0.05) is 24.4 Å². The highest BCUT2D eigenvalue weighted by atomic mass is 16.7. The lowest BCUT2D eigenvalue weighted by atomic mass is 9.75. The van der Waals surface area contributed by atoms with Crippen molar-refractivity contribution >= 4 is 5.95 Å². The summed E-state index contributed by atoms with van der Waals surface area (Å²) < 4.78 is 16.7. The number of aromatic nitrogens is 2. The lowest BCUT2D eigenvalue weighted by molar-refractivity contribution is 0.0352. The molecule has 0 N–H and O–H groups in total. The van der Waals surface area contributed by atoms with Gasteiger partial charge in [-0.2, -0.15) is 4.98 Å². The second kappa shape index (κ2) is 6.11. The van der Waals surface area contributed by atoms with Crippen molar-refractivity contribution in [2.75, 3.05) is 31.3 Å². The zero-order chi connectivity index (χ0) is 18.8. The summed E-state index contributed by atoms with van der Waals surface area (Å²) in [7, 11) is 0. The van der Waals surface area contributed by atoms with Gasteiger partial charge in [-0.3, -0.25) is 4.90 Å². The van der Waals surface area contributed by atoms with Crippen molar-refractivity contribution in [1.29, 1.82) is 0 Å². The second-order valence-electron chi connectivity index (χ2n) is 8.81. The molecule has 7 heteroatoms. The highest BCUT2D eigenvalue weighted by molar-refractivity contribution is 5.48. The average Bonchev–Trinajstić information content (AvgIpc) is 3.45. The first-order valence-electron chi connectivity index (χ1n) is 10.4. The maximum absolute atomic E-state index is 5.65. The molecule has 6 heterocycles. The summed E-state index contributed by atoms with van der Waals surface area (Å²) in [6, 6.07) is 7.38. The standard InChI is InChI=1S/C21H26N4O3/c1-12(2)20-22-21(23-28-20)25-10-15(14-3-4-16-17(9-14)27-11-26-16)19-18(25)13-5-7-24(19)8-6-13/h3-4,9,12-13,15,18-19H,5-8,10-11H2,1-2H3/t15-,18+,19+/m0/s1. The van der Waals surface area contributed by atoms with Gasteiger partial charge in [0.05, 0.1) is 6.04 Å². The minimum atomic E-state index is 0.246. The summed E-state index contributed by atoms with van der Waals surface area (Å²) in [6.07, 6.45) is 2.53. The van der Waals surface area contributed by atoms with E-state index >= 15 is 0 Å². The molecule has 7 rings (SSSR count). The van der Waals surface area contributed by atoms with Crippen molar-refractivity contribution in [3.05, 3.63) is 29.7 Å². The first kappa shape index (κ1) is 16.7. The summed E-state index contributed by atoms with van der Waals surface area (Å²) in [5.74, 6) is 4.55. The number of hydrogen-bond acceptors (Lipinski definition) is 7. The SMILES string of the molecule is CC(C)c1nc(N2C[C@@H](c3ccc4c(c3)OCO4)[C@@H]3[C@H]2C2CCN3CC2)no1. The molecular formula is C21H26N4O3. The zero-order valence-electron chi connectivity index (χ0n) is 16.4. The topological polar surface area (TPSA) is 63.9 Å². The van der Waals surface area contributed by atoms with E-state index in [0.717, 1.165) is 29.9 Å². The van der Waals surface area contributed by atoms with Gasteiger partial charge in [-0.1, -0.05) is 19.9 Å². The van der Waals surface area contributed by atoms with E-state index < -0.39 is 0 Å². The maximum atomic E-state index is 5.65. The van der Waals surface area contributed by atoms with E-state index in [2.05, 4.69) is 47.0 Å². The minimum absolute atomic E-state index is 0.246. The van der Waals surface area contributed by atoms with Gasteiger partial charge in [0.1, 0.15) is 0 Å². The van der Waals surface area contributed by atoms with Crippen LogP contribution in [0.25, 0.3) is 0 Å². The molecule has 2 bridgehead atoms. The van der Waals surface area contributed by atoms with Gasteiger partial charge in [-0.15, -0.1) is 0 Å². The van der Waals surface area contributed by atoms with Crippen LogP contribution in [0.3, 0.4) is 0 Å². The molecular weight excluding hydrogens is 356 g/mol. The number of rotatable bonds is 3. The maximum Gasteiger partial charge on any atom is 0.266 e. The fourth-order valence-electron chi connectivity index (χ4n) is 5.67. The molecule has 1 aromatic heterocycles. The van der Waals surface area contributed by atoms with Gasteiger partial charge < -0.3 is 18.9 Å². The molecule has 4 saturated heterocycles. The predicted molar refractivity (Wildman–Crippen MR) is 103 cm³/mol. The Labute approximate surface area is 164 Å². The quantitative estimate of drug-likeness (QED) is 0.809. The molecule has 5 aliphatic heterocycles. The smallest absolute Gasteiger partial charge is 0.266 e. The van der Waals surface area contributed by atoms with Crippen molar-refractivity contribution < 1.29 is 14.0 Å². The second-order valence-corrected chi connectivity index (χ2v) is 8.81. The number of benzene rings is 1. The summed E-state index contributed by atoms with van der Waals surface area (Å²) in [5.41, 5.74) is 1.32. The molecule has 4 fully saturated rings. The molecule has 148 valence electrons. The average molecular weight is 382 g/mol. The summed E-state index contributed by atoms with van der Waals surface area (Å²) >= 11 is 0. The van der Waals surface area contributed by atoms with Crippen LogP contribution in [-0.2, 0) is 0 Å². The zero-order valence-corrected chi connectivity index (χ0v) is 16.4. The third-order valence-electron chi connectivity index (χ3n) is 7.00. The molecule has 2 aromatic rings. The normalized spacial score (nSPS) is 33.0. The van der Waals surface area contributed by atoms with Crippen LogP contribution in [0.1, 0.15) is 50.0 Å². The molecule has 0 amide bonds. The number of nitrogens with zero attached hydrogens (tertiary/aromatic N) is 4. The Hall–Kier alpha value is -2.28. The Bertz CT molecular complexity index is 890. The number of fused-ring (bicyclic) bond motifs is 3. The Morgan fingerprint density at radius 1 is 1.07 bits per heavy atom. The molecule has 0 aliphatic carbocycles. The summed E-state index contributed by atoms with van der Waals surface area (Å²) in [5, 5.41) is 4.36. The van der Waals surface area contributed by atoms with E-state index in [1.807, 2.05) is 0 Å². The van der Waals surface area contributed by atoms with Crippen LogP contribution in [-0.4, -0.2) is 53.6 Å². The van der Waals surface area contributed by atoms with Gasteiger partial charge in [-0.25, -0.2) is 0 Å². The third-order valence-corrected chi connectivity index (χ3v) is 7.00. The molecule has 0 unspecified atom stereocenters. The Morgan fingerprint density at radius 2 is 1.89 bits per heavy atom. The highest BCUT2D eigenvalue weighted by Crippen LogP contribution is 2.48. The lowest BCUT2D eigenvalue weighted by Crippen LogP contribution is -2.60. The lowest BCUT2D eigenvalue weighted by Gasteiger charge is -2.51. The molecule has 0 saturated carbocycles. The molecule has 1 aromatic carbocycles. The molecule has 0 radical (unpaired) electrons. The van der Waals surface area contributed by atoms with E-state index in [1.54, 1.807) is 0 Å². The van der Waals surface area contributed by atoms with Crippen LogP contribution >= 0.6 is 0 Å². The first-order chi connectivity index (χ1) is 13.7. The van der Waals surface area contributed by atoms with Crippen molar-refractivity contribution in [2.24, 2.45) is 5.92 Å². The van der Waals surface area contributed by atoms with Gasteiger partial charge in [0.25, 0.3) is 5.95 Å². The van der Waals surface area contributed by atoms with E-state index in [-0.39, 0.29) is 5.92 Å². The number of piperidine rings is 3. The molecule has 3 atom stereocenters. The fraction of sp³-hybridized carbons (Fsp3) is 0.619. The summed E-state index contributed by atoms with van der Waals surface area (Å²) in [4.78, 5) is 9.84. The van der Waals surface area contributed by atoms with Gasteiger partial charge in [0.2, 0.25) is 12.7 Å². The molecule has 5 aliphatic rings. The fourth-order valence-corrected chi connectivity index (χ4v) is 5.67. The van der Waals surface area contributed by atoms with E-state index in [9.17, 15) is 0 Å². The largest absolute Gasteiger partial charge is 0.454 e. The van der Waals surface area contributed by atoms with Crippen LogP contribution in [0.15, 0.2) is 22.7 Å². The molecule has 28 heavy (non-hydrogen) atoms. The highest BCUT2D eigenvalue weighted by Gasteiger charge is 2.54. The van der Waals surface area contributed by atoms with Gasteiger partial charge in [0.15, 0.2) is 11.5 Å². The van der Waals surface area contributed by atoms with Crippen LogP contribution in [0.2, 0.25) is 0 Å². The van der Waals surface area contributed by atoms with Crippen molar-refractivity contribution in [2.45, 2.75) is 50.6 Å². The van der Waals surface area contributed by atoms with Gasteiger partial charge >= 0.3 is 0 Å². The molecule has 0 spiro atoms. The number of anilines is 1. The van der Waals surface area contributed by atoms with E-state index in [4.69, 9.17) is 19.0 Å². The van der Waals surface area contributed by atoms with E-state index in [1.165, 1.54) is 31.5 Å². The predicted octanol–water partition coefficient (Wildman–Crippen LogP) is 2.99. The Balaban J connectivity index is 1.39. The van der Waals surface area contributed by atoms with Crippen LogP contribution in [0.5, 0.6) is 11.5 Å². The van der Waals surface area contributed by atoms with Crippen LogP contribution in [0.4, 0.5) is 5.95 Å². The van der Waals surface area contributed by atoms with Crippen LogP contribution < -0.4 is 14.4 Å². The van der Waals surface area contributed by atoms with E-state index in [0.29, 0.717) is 30.7 Å². The van der Waals surface area contributed by atoms with Crippen molar-refractivity contribution in [1.82, 2.24) is 15.0 Å². The number of hydrogen-bond donors (Lipinski definition) is 0. The molecule has 7 nitrogen and oxygen atoms in total.